The number of fused-ring (bicyclic) bond motifs is 1. The van der Waals surface area contributed by atoms with Crippen molar-refractivity contribution in [2.75, 3.05) is 0 Å². The Morgan fingerprint density at radius 1 is 1.36 bits per heavy atom. The molecule has 1 heterocycles. The Balaban J connectivity index is 2.17. The Kier molecular flexibility index (Phi) is 1.37. The monoisotopic (exact) mass is 188 g/mol. The van der Waals surface area contributed by atoms with Crippen LogP contribution in [0.3, 0.4) is 0 Å². The van der Waals surface area contributed by atoms with Crippen molar-refractivity contribution in [2.24, 2.45) is 5.92 Å². The Morgan fingerprint density at radius 3 is 2.79 bits per heavy atom. The molecule has 2 nitrogen and oxygen atoms in total. The lowest BCUT2D eigenvalue weighted by molar-refractivity contribution is -0.0102. The second-order valence-electron chi connectivity index (χ2n) is 4.32. The Labute approximate surface area is 82.9 Å². The Morgan fingerprint density at radius 2 is 2.07 bits per heavy atom. The molecule has 0 spiro atoms. The van der Waals surface area contributed by atoms with Crippen LogP contribution in [0.15, 0.2) is 24.3 Å². The van der Waals surface area contributed by atoms with E-state index in [0.717, 1.165) is 11.1 Å². The quantitative estimate of drug-likeness (QED) is 0.633. The highest BCUT2D eigenvalue weighted by Gasteiger charge is 2.51. The van der Waals surface area contributed by atoms with E-state index in [9.17, 15) is 4.79 Å². The molecule has 2 heteroatoms. The van der Waals surface area contributed by atoms with Crippen LogP contribution in [0, 0.1) is 5.92 Å². The van der Waals surface area contributed by atoms with Gasteiger partial charge in [-0.1, -0.05) is 18.2 Å². The van der Waals surface area contributed by atoms with Crippen LogP contribution >= 0.6 is 0 Å². The average Bonchev–Trinajstić information content (AvgIpc) is 2.98. The summed E-state index contributed by atoms with van der Waals surface area (Å²) in [6, 6.07) is 7.73. The van der Waals surface area contributed by atoms with Gasteiger partial charge >= 0.3 is 5.97 Å². The first-order chi connectivity index (χ1) is 6.72. The van der Waals surface area contributed by atoms with Crippen molar-refractivity contribution < 1.29 is 9.53 Å². The fourth-order valence-corrected chi connectivity index (χ4v) is 2.33. The van der Waals surface area contributed by atoms with Gasteiger partial charge in [-0.25, -0.2) is 4.79 Å². The lowest BCUT2D eigenvalue weighted by Crippen LogP contribution is -2.24. The number of cyclic esters (lactones) is 1. The molecule has 2 aliphatic rings. The summed E-state index contributed by atoms with van der Waals surface area (Å²) in [5, 5.41) is 0. The Hall–Kier alpha value is -1.31. The normalized spacial score (nSPS) is 29.9. The number of rotatable bonds is 1. The van der Waals surface area contributed by atoms with Crippen LogP contribution in [0.4, 0.5) is 0 Å². The molecule has 0 radical (unpaired) electrons. The van der Waals surface area contributed by atoms with E-state index in [1.165, 1.54) is 12.8 Å². The molecule has 0 aromatic heterocycles. The molecular formula is C12H12O2. The van der Waals surface area contributed by atoms with E-state index in [1.807, 2.05) is 31.2 Å². The highest BCUT2D eigenvalue weighted by atomic mass is 16.6. The van der Waals surface area contributed by atoms with Crippen molar-refractivity contribution in [1.29, 1.82) is 0 Å². The van der Waals surface area contributed by atoms with Crippen molar-refractivity contribution in [3.63, 3.8) is 0 Å². The van der Waals surface area contributed by atoms with Crippen LogP contribution in [0.1, 0.15) is 35.7 Å². The fourth-order valence-electron chi connectivity index (χ4n) is 2.33. The lowest BCUT2D eigenvalue weighted by atomic mass is 9.90. The van der Waals surface area contributed by atoms with Crippen molar-refractivity contribution in [3.8, 4) is 0 Å². The summed E-state index contributed by atoms with van der Waals surface area (Å²) >= 11 is 0. The number of carbonyl (C=O) groups is 1. The molecule has 14 heavy (non-hydrogen) atoms. The Bertz CT molecular complexity index is 407. The standard InChI is InChI=1S/C12H12O2/c1-12(8-6-7-8)10-5-3-2-4-9(10)11(13)14-12/h2-5,8H,6-7H2,1H3. The maximum atomic E-state index is 11.6. The molecule has 0 saturated heterocycles. The molecule has 0 N–H and O–H groups in total. The zero-order valence-electron chi connectivity index (χ0n) is 8.12. The number of ether oxygens (including phenoxy) is 1. The molecule has 1 aromatic carbocycles. The predicted molar refractivity (Wildman–Crippen MR) is 51.9 cm³/mol. The van der Waals surface area contributed by atoms with Crippen molar-refractivity contribution in [2.45, 2.75) is 25.4 Å². The predicted octanol–water partition coefficient (Wildman–Crippen LogP) is 2.48. The fraction of sp³-hybridized carbons (Fsp3) is 0.417. The number of benzene rings is 1. The van der Waals surface area contributed by atoms with Gasteiger partial charge in [0.1, 0.15) is 5.60 Å². The average molecular weight is 188 g/mol. The summed E-state index contributed by atoms with van der Waals surface area (Å²) in [4.78, 5) is 11.6. The molecule has 1 atom stereocenters. The zero-order chi connectivity index (χ0) is 9.76. The summed E-state index contributed by atoms with van der Waals surface area (Å²) in [5.41, 5.74) is 1.49. The van der Waals surface area contributed by atoms with Crippen molar-refractivity contribution in [3.05, 3.63) is 35.4 Å². The maximum absolute atomic E-state index is 11.6. The van der Waals surface area contributed by atoms with Crippen LogP contribution in [0.25, 0.3) is 0 Å². The highest BCUT2D eigenvalue weighted by molar-refractivity contribution is 5.94. The topological polar surface area (TPSA) is 26.3 Å². The van der Waals surface area contributed by atoms with Gasteiger partial charge in [0.15, 0.2) is 0 Å². The largest absolute Gasteiger partial charge is 0.451 e. The highest BCUT2D eigenvalue weighted by Crippen LogP contribution is 2.52. The van der Waals surface area contributed by atoms with Crippen molar-refractivity contribution >= 4 is 5.97 Å². The van der Waals surface area contributed by atoms with Gasteiger partial charge in [0.25, 0.3) is 0 Å². The van der Waals surface area contributed by atoms with Gasteiger partial charge < -0.3 is 4.74 Å². The summed E-state index contributed by atoms with van der Waals surface area (Å²) < 4.78 is 5.50. The molecular weight excluding hydrogens is 176 g/mol. The van der Waals surface area contributed by atoms with Crippen LogP contribution in [0.5, 0.6) is 0 Å². The van der Waals surface area contributed by atoms with E-state index in [1.54, 1.807) is 0 Å². The molecule has 0 bridgehead atoms. The summed E-state index contributed by atoms with van der Waals surface area (Å²) in [6.45, 7) is 2.04. The molecule has 1 aliphatic carbocycles. The van der Waals surface area contributed by atoms with E-state index in [2.05, 4.69) is 0 Å². The minimum Gasteiger partial charge on any atom is -0.451 e. The molecule has 1 fully saturated rings. The van der Waals surface area contributed by atoms with Gasteiger partial charge in [-0.2, -0.15) is 0 Å². The smallest absolute Gasteiger partial charge is 0.339 e. The molecule has 72 valence electrons. The van der Waals surface area contributed by atoms with Gasteiger partial charge in [-0.15, -0.1) is 0 Å². The van der Waals surface area contributed by atoms with E-state index in [-0.39, 0.29) is 11.6 Å². The molecule has 1 aliphatic heterocycles. The minimum atomic E-state index is -0.340. The third-order valence-electron chi connectivity index (χ3n) is 3.34. The first-order valence-electron chi connectivity index (χ1n) is 5.04. The van der Waals surface area contributed by atoms with Gasteiger partial charge in [-0.3, -0.25) is 0 Å². The molecule has 1 unspecified atom stereocenters. The van der Waals surface area contributed by atoms with Crippen LogP contribution < -0.4 is 0 Å². The van der Waals surface area contributed by atoms with E-state index in [0.29, 0.717) is 5.92 Å². The van der Waals surface area contributed by atoms with E-state index in [4.69, 9.17) is 4.74 Å². The first-order valence-corrected chi connectivity index (χ1v) is 5.04. The van der Waals surface area contributed by atoms with Gasteiger partial charge in [-0.05, 0) is 25.8 Å². The minimum absolute atomic E-state index is 0.157. The van der Waals surface area contributed by atoms with Crippen LogP contribution in [-0.2, 0) is 10.3 Å². The SMILES string of the molecule is CC1(C2CC2)OC(=O)c2ccccc21. The van der Waals surface area contributed by atoms with Crippen LogP contribution in [0.2, 0.25) is 0 Å². The summed E-state index contributed by atoms with van der Waals surface area (Å²) in [6.07, 6.45) is 2.36. The molecule has 3 rings (SSSR count). The summed E-state index contributed by atoms with van der Waals surface area (Å²) in [7, 11) is 0. The second kappa shape index (κ2) is 2.38. The van der Waals surface area contributed by atoms with E-state index < -0.39 is 0 Å². The number of esters is 1. The van der Waals surface area contributed by atoms with Gasteiger partial charge in [0.2, 0.25) is 0 Å². The van der Waals surface area contributed by atoms with E-state index >= 15 is 0 Å². The molecule has 1 aromatic rings. The maximum Gasteiger partial charge on any atom is 0.339 e. The number of hydrogen-bond acceptors (Lipinski definition) is 2. The number of hydrogen-bond donors (Lipinski definition) is 0. The molecule has 0 amide bonds. The third-order valence-corrected chi connectivity index (χ3v) is 3.34. The summed E-state index contributed by atoms with van der Waals surface area (Å²) in [5.74, 6) is 0.380. The second-order valence-corrected chi connectivity index (χ2v) is 4.32. The lowest BCUT2D eigenvalue weighted by Gasteiger charge is -2.23. The van der Waals surface area contributed by atoms with Gasteiger partial charge in [0, 0.05) is 11.5 Å². The van der Waals surface area contributed by atoms with Crippen LogP contribution in [-0.4, -0.2) is 5.97 Å². The first kappa shape index (κ1) is 8.04. The number of carbonyl (C=O) groups excluding carboxylic acids is 1. The van der Waals surface area contributed by atoms with Crippen molar-refractivity contribution in [1.82, 2.24) is 0 Å². The zero-order valence-corrected chi connectivity index (χ0v) is 8.12. The van der Waals surface area contributed by atoms with Gasteiger partial charge in [0.05, 0.1) is 5.56 Å². The third kappa shape index (κ3) is 0.884. The molecule has 1 saturated carbocycles.